The highest BCUT2D eigenvalue weighted by molar-refractivity contribution is 5.92. The van der Waals surface area contributed by atoms with Gasteiger partial charge in [-0.3, -0.25) is 19.2 Å². The Kier molecular flexibility index (Phi) is 5.60. The summed E-state index contributed by atoms with van der Waals surface area (Å²) < 4.78 is 1.81. The number of amides is 1. The highest BCUT2D eigenvalue weighted by Crippen LogP contribution is 2.43. The molecule has 0 aromatic carbocycles. The quantitative estimate of drug-likeness (QED) is 0.851. The van der Waals surface area contributed by atoms with Crippen molar-refractivity contribution >= 4 is 11.9 Å². The SMILES string of the molecule is CCn1nc(CC(C)C)cc1C(=O)N1CCC2(CC1)C[C@@H](C(=O)O)N(C)C2. The first-order valence-corrected chi connectivity index (χ1v) is 10.0. The number of rotatable bonds is 5. The summed E-state index contributed by atoms with van der Waals surface area (Å²) >= 11 is 0. The van der Waals surface area contributed by atoms with Crippen LogP contribution in [-0.2, 0) is 17.8 Å². The van der Waals surface area contributed by atoms with Gasteiger partial charge in [-0.25, -0.2) is 0 Å². The highest BCUT2D eigenvalue weighted by atomic mass is 16.4. The third-order valence-corrected chi connectivity index (χ3v) is 6.11. The molecular formula is C20H32N4O3. The standard InChI is InChI=1S/C20H32N4O3/c1-5-24-16(11-15(21-24)10-14(2)3)18(25)23-8-6-20(7-9-23)12-17(19(26)27)22(4)13-20/h11,14,17H,5-10,12-13H2,1-4H3,(H,26,27)/t17-/m0/s1. The highest BCUT2D eigenvalue weighted by Gasteiger charge is 2.47. The third kappa shape index (κ3) is 4.03. The Labute approximate surface area is 161 Å². The molecule has 7 nitrogen and oxygen atoms in total. The number of hydrogen-bond acceptors (Lipinski definition) is 4. The Bertz CT molecular complexity index is 704. The largest absolute Gasteiger partial charge is 0.480 e. The lowest BCUT2D eigenvalue weighted by molar-refractivity contribution is -0.141. The van der Waals surface area contributed by atoms with Crippen molar-refractivity contribution in [2.24, 2.45) is 11.3 Å². The summed E-state index contributed by atoms with van der Waals surface area (Å²) in [6.07, 6.45) is 3.30. The van der Waals surface area contributed by atoms with Gasteiger partial charge in [0.05, 0.1) is 5.69 Å². The molecule has 1 atom stereocenters. The van der Waals surface area contributed by atoms with Crippen LogP contribution in [0, 0.1) is 11.3 Å². The van der Waals surface area contributed by atoms with E-state index in [0.717, 1.165) is 31.5 Å². The van der Waals surface area contributed by atoms with Crippen LogP contribution in [0.1, 0.15) is 56.2 Å². The third-order valence-electron chi connectivity index (χ3n) is 6.11. The van der Waals surface area contributed by atoms with Crippen molar-refractivity contribution in [1.29, 1.82) is 0 Å². The first-order chi connectivity index (χ1) is 12.7. The zero-order valence-electron chi connectivity index (χ0n) is 16.9. The van der Waals surface area contributed by atoms with Crippen LogP contribution in [0.4, 0.5) is 0 Å². The molecule has 0 bridgehead atoms. The summed E-state index contributed by atoms with van der Waals surface area (Å²) in [5.41, 5.74) is 1.68. The van der Waals surface area contributed by atoms with E-state index in [-0.39, 0.29) is 11.3 Å². The Morgan fingerprint density at radius 2 is 2.00 bits per heavy atom. The first-order valence-electron chi connectivity index (χ1n) is 10.0. The molecule has 2 saturated heterocycles. The Morgan fingerprint density at radius 1 is 1.33 bits per heavy atom. The molecule has 0 radical (unpaired) electrons. The van der Waals surface area contributed by atoms with Crippen molar-refractivity contribution in [3.05, 3.63) is 17.5 Å². The molecule has 3 heterocycles. The van der Waals surface area contributed by atoms with Gasteiger partial charge in [0.2, 0.25) is 0 Å². The Hall–Kier alpha value is -1.89. The van der Waals surface area contributed by atoms with Crippen LogP contribution in [0.2, 0.25) is 0 Å². The fraction of sp³-hybridized carbons (Fsp3) is 0.750. The zero-order chi connectivity index (χ0) is 19.8. The Morgan fingerprint density at radius 3 is 2.52 bits per heavy atom. The van der Waals surface area contributed by atoms with E-state index < -0.39 is 12.0 Å². The van der Waals surface area contributed by atoms with Gasteiger partial charge in [-0.05, 0) is 57.1 Å². The molecular weight excluding hydrogens is 344 g/mol. The molecule has 27 heavy (non-hydrogen) atoms. The molecule has 2 fully saturated rings. The lowest BCUT2D eigenvalue weighted by Crippen LogP contribution is -2.44. The van der Waals surface area contributed by atoms with E-state index in [1.807, 2.05) is 34.5 Å². The summed E-state index contributed by atoms with van der Waals surface area (Å²) in [5, 5.41) is 14.0. The van der Waals surface area contributed by atoms with Crippen LogP contribution >= 0.6 is 0 Å². The molecule has 7 heteroatoms. The normalized spacial score (nSPS) is 22.7. The molecule has 150 valence electrons. The lowest BCUT2D eigenvalue weighted by atomic mass is 9.76. The average Bonchev–Trinajstić information content (AvgIpc) is 3.15. The smallest absolute Gasteiger partial charge is 0.320 e. The van der Waals surface area contributed by atoms with E-state index in [1.54, 1.807) is 0 Å². The molecule has 3 rings (SSSR count). The van der Waals surface area contributed by atoms with E-state index in [4.69, 9.17) is 0 Å². The van der Waals surface area contributed by atoms with Gasteiger partial charge in [0.15, 0.2) is 0 Å². The lowest BCUT2D eigenvalue weighted by Gasteiger charge is -2.39. The summed E-state index contributed by atoms with van der Waals surface area (Å²) in [4.78, 5) is 28.4. The number of likely N-dealkylation sites (tertiary alicyclic amines) is 2. The number of carboxylic acids is 1. The van der Waals surface area contributed by atoms with Gasteiger partial charge in [-0.1, -0.05) is 13.8 Å². The van der Waals surface area contributed by atoms with E-state index in [0.29, 0.717) is 37.7 Å². The van der Waals surface area contributed by atoms with Gasteiger partial charge < -0.3 is 10.0 Å². The second-order valence-corrected chi connectivity index (χ2v) is 8.70. The van der Waals surface area contributed by atoms with Crippen LogP contribution < -0.4 is 0 Å². The van der Waals surface area contributed by atoms with Crippen LogP contribution in [0.3, 0.4) is 0 Å². The first kappa shape index (κ1) is 19.9. The Balaban J connectivity index is 1.67. The van der Waals surface area contributed by atoms with Crippen molar-refractivity contribution < 1.29 is 14.7 Å². The minimum absolute atomic E-state index is 0.0301. The predicted octanol–water partition coefficient (Wildman–Crippen LogP) is 2.11. The number of likely N-dealkylation sites (N-methyl/N-ethyl adjacent to an activating group) is 1. The van der Waals surface area contributed by atoms with E-state index in [9.17, 15) is 14.7 Å². The molecule has 0 unspecified atom stereocenters. The fourth-order valence-corrected chi connectivity index (χ4v) is 4.66. The van der Waals surface area contributed by atoms with E-state index >= 15 is 0 Å². The molecule has 1 N–H and O–H groups in total. The summed E-state index contributed by atoms with van der Waals surface area (Å²) in [5.74, 6) is -0.183. The van der Waals surface area contributed by atoms with Crippen LogP contribution in [0.5, 0.6) is 0 Å². The van der Waals surface area contributed by atoms with Gasteiger partial charge in [-0.15, -0.1) is 0 Å². The molecule has 0 aliphatic carbocycles. The topological polar surface area (TPSA) is 78.7 Å². The van der Waals surface area contributed by atoms with Gasteiger partial charge in [0.25, 0.3) is 5.91 Å². The maximum absolute atomic E-state index is 13.1. The van der Waals surface area contributed by atoms with Gasteiger partial charge in [0.1, 0.15) is 11.7 Å². The van der Waals surface area contributed by atoms with Crippen molar-refractivity contribution in [3.63, 3.8) is 0 Å². The summed E-state index contributed by atoms with van der Waals surface area (Å²) in [7, 11) is 1.89. The fourth-order valence-electron chi connectivity index (χ4n) is 4.66. The van der Waals surface area contributed by atoms with E-state index in [2.05, 4.69) is 18.9 Å². The molecule has 0 saturated carbocycles. The van der Waals surface area contributed by atoms with E-state index in [1.165, 1.54) is 0 Å². The average molecular weight is 377 g/mol. The predicted molar refractivity (Wildman–Crippen MR) is 103 cm³/mol. The molecule has 1 aromatic rings. The number of piperidine rings is 1. The second kappa shape index (κ2) is 7.62. The zero-order valence-corrected chi connectivity index (χ0v) is 16.9. The number of aryl methyl sites for hydroxylation is 1. The number of aliphatic carboxylic acids is 1. The summed E-state index contributed by atoms with van der Waals surface area (Å²) in [6, 6.07) is 1.55. The number of carbonyl (C=O) groups is 2. The van der Waals surface area contributed by atoms with Crippen LogP contribution in [-0.4, -0.2) is 69.3 Å². The number of aromatic nitrogens is 2. The molecule has 1 aromatic heterocycles. The number of carboxylic acid groups (broad SMARTS) is 1. The van der Waals surface area contributed by atoms with Crippen molar-refractivity contribution in [3.8, 4) is 0 Å². The number of carbonyl (C=O) groups excluding carboxylic acids is 1. The van der Waals surface area contributed by atoms with Gasteiger partial charge >= 0.3 is 5.97 Å². The van der Waals surface area contributed by atoms with Crippen LogP contribution in [0.25, 0.3) is 0 Å². The van der Waals surface area contributed by atoms with Crippen molar-refractivity contribution in [2.45, 2.75) is 59.0 Å². The van der Waals surface area contributed by atoms with Gasteiger partial charge in [-0.2, -0.15) is 5.10 Å². The minimum Gasteiger partial charge on any atom is -0.480 e. The van der Waals surface area contributed by atoms with Gasteiger partial charge in [0, 0.05) is 26.2 Å². The van der Waals surface area contributed by atoms with Crippen molar-refractivity contribution in [1.82, 2.24) is 19.6 Å². The monoisotopic (exact) mass is 376 g/mol. The van der Waals surface area contributed by atoms with Crippen molar-refractivity contribution in [2.75, 3.05) is 26.7 Å². The molecule has 2 aliphatic rings. The molecule has 2 aliphatic heterocycles. The minimum atomic E-state index is -0.739. The van der Waals surface area contributed by atoms with Crippen LogP contribution in [0.15, 0.2) is 6.07 Å². The second-order valence-electron chi connectivity index (χ2n) is 8.70. The molecule has 1 amide bonds. The molecule has 1 spiro atoms. The number of nitrogens with zero attached hydrogens (tertiary/aromatic N) is 4. The summed E-state index contributed by atoms with van der Waals surface area (Å²) in [6.45, 7) is 9.17. The maximum atomic E-state index is 13.1. The number of hydrogen-bond donors (Lipinski definition) is 1. The maximum Gasteiger partial charge on any atom is 0.320 e.